The fourth-order valence-corrected chi connectivity index (χ4v) is 4.46. The van der Waals surface area contributed by atoms with Crippen LogP contribution in [0.1, 0.15) is 37.0 Å². The summed E-state index contributed by atoms with van der Waals surface area (Å²) in [7, 11) is 0. The number of nitrogens with one attached hydrogen (secondary N) is 1. The van der Waals surface area contributed by atoms with Gasteiger partial charge in [0.05, 0.1) is 12.1 Å². The van der Waals surface area contributed by atoms with Crippen LogP contribution in [0.4, 0.5) is 5.69 Å². The van der Waals surface area contributed by atoms with Gasteiger partial charge in [-0.2, -0.15) is 5.10 Å². The Morgan fingerprint density at radius 3 is 2.00 bits per heavy atom. The molecule has 31 heavy (non-hydrogen) atoms. The molecule has 4 heteroatoms. The lowest BCUT2D eigenvalue weighted by Gasteiger charge is -2.20. The van der Waals surface area contributed by atoms with Gasteiger partial charge >= 0.3 is 0 Å². The van der Waals surface area contributed by atoms with Crippen LogP contribution in [-0.4, -0.2) is 25.2 Å². The summed E-state index contributed by atoms with van der Waals surface area (Å²) in [5.41, 5.74) is 7.01. The minimum Gasteiger partial charge on any atom is -0.372 e. The molecule has 0 spiro atoms. The van der Waals surface area contributed by atoms with Crippen molar-refractivity contribution in [2.45, 2.75) is 25.7 Å². The van der Waals surface area contributed by atoms with Crippen LogP contribution < -0.4 is 10.3 Å². The number of rotatable bonds is 8. The van der Waals surface area contributed by atoms with Gasteiger partial charge in [-0.1, -0.05) is 72.8 Å². The number of hydrazone groups is 1. The maximum Gasteiger partial charge on any atom is 0.244 e. The molecule has 1 aliphatic carbocycles. The highest BCUT2D eigenvalue weighted by atomic mass is 16.2. The molecule has 1 N–H and O–H groups in total. The number of hydrogen-bond donors (Lipinski definition) is 1. The van der Waals surface area contributed by atoms with E-state index in [1.807, 2.05) is 48.5 Å². The molecule has 3 aromatic carbocycles. The first-order chi connectivity index (χ1) is 15.2. The lowest BCUT2D eigenvalue weighted by atomic mass is 9.85. The summed E-state index contributed by atoms with van der Waals surface area (Å²) >= 11 is 0. The molecule has 0 heterocycles. The molecule has 1 aliphatic rings. The monoisotopic (exact) mass is 411 g/mol. The first kappa shape index (κ1) is 20.9. The highest BCUT2D eigenvalue weighted by Crippen LogP contribution is 2.58. The largest absolute Gasteiger partial charge is 0.372 e. The van der Waals surface area contributed by atoms with Crippen molar-refractivity contribution in [1.29, 1.82) is 0 Å². The van der Waals surface area contributed by atoms with Crippen molar-refractivity contribution in [2.75, 3.05) is 18.0 Å². The Balaban J connectivity index is 1.45. The number of anilines is 1. The Bertz CT molecular complexity index is 986. The Hall–Kier alpha value is -3.40. The van der Waals surface area contributed by atoms with E-state index in [1.165, 1.54) is 16.8 Å². The van der Waals surface area contributed by atoms with E-state index in [2.05, 4.69) is 65.7 Å². The second kappa shape index (κ2) is 9.17. The van der Waals surface area contributed by atoms with Crippen LogP contribution in [0, 0.1) is 5.92 Å². The van der Waals surface area contributed by atoms with Gasteiger partial charge in [0.25, 0.3) is 0 Å². The van der Waals surface area contributed by atoms with E-state index in [0.29, 0.717) is 0 Å². The minimum absolute atomic E-state index is 0.0382. The summed E-state index contributed by atoms with van der Waals surface area (Å²) < 4.78 is 0. The van der Waals surface area contributed by atoms with Crippen molar-refractivity contribution in [1.82, 2.24) is 5.43 Å². The topological polar surface area (TPSA) is 44.7 Å². The molecule has 3 aromatic rings. The minimum atomic E-state index is -0.270. The van der Waals surface area contributed by atoms with Gasteiger partial charge in [-0.25, -0.2) is 5.43 Å². The molecule has 1 saturated carbocycles. The third kappa shape index (κ3) is 4.24. The zero-order chi connectivity index (χ0) is 21.7. The van der Waals surface area contributed by atoms with Gasteiger partial charge in [-0.05, 0) is 49.1 Å². The lowest BCUT2D eigenvalue weighted by Crippen LogP contribution is -2.25. The third-order valence-electron chi connectivity index (χ3n) is 6.27. The second-order valence-electron chi connectivity index (χ2n) is 7.96. The van der Waals surface area contributed by atoms with Crippen LogP contribution in [0.3, 0.4) is 0 Å². The number of hydrogen-bond acceptors (Lipinski definition) is 3. The fourth-order valence-electron chi connectivity index (χ4n) is 4.46. The molecule has 0 saturated heterocycles. The van der Waals surface area contributed by atoms with E-state index < -0.39 is 0 Å². The molecule has 0 aromatic heterocycles. The highest BCUT2D eigenvalue weighted by Gasteiger charge is 2.60. The third-order valence-corrected chi connectivity index (χ3v) is 6.27. The van der Waals surface area contributed by atoms with Crippen LogP contribution in [0.5, 0.6) is 0 Å². The molecule has 0 radical (unpaired) electrons. The Kier molecular flexibility index (Phi) is 6.17. The van der Waals surface area contributed by atoms with Crippen molar-refractivity contribution in [2.24, 2.45) is 11.0 Å². The molecule has 0 bridgehead atoms. The van der Waals surface area contributed by atoms with E-state index in [0.717, 1.165) is 25.1 Å². The zero-order valence-corrected chi connectivity index (χ0v) is 18.2. The van der Waals surface area contributed by atoms with Crippen LogP contribution in [0.25, 0.3) is 0 Å². The van der Waals surface area contributed by atoms with Gasteiger partial charge in [-0.15, -0.1) is 0 Å². The molecule has 0 aliphatic heterocycles. The fraction of sp³-hybridized carbons (Fsp3) is 0.259. The molecular weight excluding hydrogens is 382 g/mol. The smallest absolute Gasteiger partial charge is 0.244 e. The second-order valence-corrected chi connectivity index (χ2v) is 7.96. The molecule has 158 valence electrons. The number of carbonyl (C=O) groups excluding carboxylic acids is 1. The number of nitrogens with zero attached hydrogens (tertiary/aromatic N) is 2. The van der Waals surface area contributed by atoms with Crippen molar-refractivity contribution >= 4 is 17.8 Å². The highest BCUT2D eigenvalue weighted by molar-refractivity contribution is 5.87. The number of benzene rings is 3. The lowest BCUT2D eigenvalue weighted by molar-refractivity contribution is -0.122. The Morgan fingerprint density at radius 2 is 1.48 bits per heavy atom. The quantitative estimate of drug-likeness (QED) is 0.419. The SMILES string of the molecule is CCN(CC)c1ccc(/C=N/NC(=O)[C@@H]2CC2(c2ccccc2)c2ccccc2)cc1. The van der Waals surface area contributed by atoms with Crippen molar-refractivity contribution < 1.29 is 4.79 Å². The van der Waals surface area contributed by atoms with E-state index in [-0.39, 0.29) is 17.2 Å². The van der Waals surface area contributed by atoms with Crippen molar-refractivity contribution in [3.63, 3.8) is 0 Å². The number of carbonyl (C=O) groups is 1. The average molecular weight is 412 g/mol. The Labute approximate surface area is 184 Å². The van der Waals surface area contributed by atoms with Crippen LogP contribution >= 0.6 is 0 Å². The van der Waals surface area contributed by atoms with Crippen molar-refractivity contribution in [3.05, 3.63) is 102 Å². The van der Waals surface area contributed by atoms with Crippen LogP contribution in [0.2, 0.25) is 0 Å². The summed E-state index contributed by atoms with van der Waals surface area (Å²) in [6, 6.07) is 28.8. The van der Waals surface area contributed by atoms with E-state index >= 15 is 0 Å². The summed E-state index contributed by atoms with van der Waals surface area (Å²) in [4.78, 5) is 15.2. The van der Waals surface area contributed by atoms with Gasteiger partial charge in [0.2, 0.25) is 5.91 Å². The molecule has 4 nitrogen and oxygen atoms in total. The van der Waals surface area contributed by atoms with Gasteiger partial charge in [0.15, 0.2) is 0 Å². The van der Waals surface area contributed by atoms with E-state index in [9.17, 15) is 4.79 Å². The maximum absolute atomic E-state index is 12.9. The van der Waals surface area contributed by atoms with Gasteiger partial charge < -0.3 is 4.90 Å². The van der Waals surface area contributed by atoms with Gasteiger partial charge in [-0.3, -0.25) is 4.79 Å². The Morgan fingerprint density at radius 1 is 0.935 bits per heavy atom. The molecule has 4 rings (SSSR count). The van der Waals surface area contributed by atoms with Crippen molar-refractivity contribution in [3.8, 4) is 0 Å². The normalized spacial score (nSPS) is 16.8. The van der Waals surface area contributed by atoms with Crippen LogP contribution in [-0.2, 0) is 10.2 Å². The standard InChI is InChI=1S/C27H29N3O/c1-3-30(4-2)24-17-15-21(16-18-24)20-28-29-26(31)25-19-27(25,22-11-7-5-8-12-22)23-13-9-6-10-14-23/h5-18,20,25H,3-4,19H2,1-2H3,(H,29,31)/b28-20+/t25-/m0/s1. The first-order valence-electron chi connectivity index (χ1n) is 11.0. The van der Waals surface area contributed by atoms with E-state index in [4.69, 9.17) is 0 Å². The maximum atomic E-state index is 12.9. The predicted molar refractivity (Wildman–Crippen MR) is 128 cm³/mol. The predicted octanol–water partition coefficient (Wildman–Crippen LogP) is 4.99. The van der Waals surface area contributed by atoms with Gasteiger partial charge in [0.1, 0.15) is 0 Å². The zero-order valence-electron chi connectivity index (χ0n) is 18.2. The molecule has 1 amide bonds. The molecule has 1 atom stereocenters. The van der Waals surface area contributed by atoms with E-state index in [1.54, 1.807) is 6.21 Å². The summed E-state index contributed by atoms with van der Waals surface area (Å²) in [6.45, 7) is 6.26. The average Bonchev–Trinajstić information content (AvgIpc) is 3.59. The summed E-state index contributed by atoms with van der Waals surface area (Å²) in [5, 5.41) is 4.23. The summed E-state index contributed by atoms with van der Waals surface area (Å²) in [6.07, 6.45) is 2.50. The van der Waals surface area contributed by atoms with Gasteiger partial charge in [0, 0.05) is 24.2 Å². The molecular formula is C27H29N3O. The summed E-state index contributed by atoms with van der Waals surface area (Å²) in [5.74, 6) is -0.164. The molecule has 0 unspecified atom stereocenters. The number of amides is 1. The van der Waals surface area contributed by atoms with Crippen LogP contribution in [0.15, 0.2) is 90.0 Å². The molecule has 1 fully saturated rings. The first-order valence-corrected chi connectivity index (χ1v) is 11.0.